The van der Waals surface area contributed by atoms with E-state index in [4.69, 9.17) is 4.18 Å². The second-order valence-electron chi connectivity index (χ2n) is 6.48. The van der Waals surface area contributed by atoms with E-state index < -0.39 is 34.3 Å². The summed E-state index contributed by atoms with van der Waals surface area (Å²) < 4.78 is 29.6. The third-order valence-electron chi connectivity index (χ3n) is 4.64. The number of aliphatic imine (C=N–C) groups is 1. The number of benzene rings is 1. The van der Waals surface area contributed by atoms with E-state index >= 15 is 0 Å². The summed E-state index contributed by atoms with van der Waals surface area (Å²) in [7, 11) is -3.89. The Labute approximate surface area is 141 Å². The monoisotopic (exact) mass is 354 g/mol. The minimum atomic E-state index is -3.89. The number of nitrogens with zero attached hydrogens (tertiary/aromatic N) is 1. The SMILES string of the molecule is CC1=NC2[C@@H](O)C(O)C(COS(=O)(=O)c3ccc(C)cc3)C[C@@H]2N1. The van der Waals surface area contributed by atoms with Gasteiger partial charge in [-0.2, -0.15) is 8.42 Å². The van der Waals surface area contributed by atoms with Crippen molar-refractivity contribution >= 4 is 16.0 Å². The average molecular weight is 354 g/mol. The summed E-state index contributed by atoms with van der Waals surface area (Å²) in [5, 5.41) is 23.6. The van der Waals surface area contributed by atoms with E-state index in [9.17, 15) is 18.6 Å². The summed E-state index contributed by atoms with van der Waals surface area (Å²) in [6.45, 7) is 3.48. The number of rotatable bonds is 4. The highest BCUT2D eigenvalue weighted by molar-refractivity contribution is 7.86. The molecule has 1 heterocycles. The summed E-state index contributed by atoms with van der Waals surface area (Å²) in [4.78, 5) is 4.36. The molecule has 1 saturated carbocycles. The van der Waals surface area contributed by atoms with Crippen LogP contribution in [0.1, 0.15) is 18.9 Å². The molecule has 3 unspecified atom stereocenters. The molecule has 1 aliphatic carbocycles. The Kier molecular flexibility index (Phi) is 4.65. The number of aliphatic hydroxyl groups excluding tert-OH is 2. The molecule has 24 heavy (non-hydrogen) atoms. The Hall–Kier alpha value is -1.48. The van der Waals surface area contributed by atoms with Gasteiger partial charge in [0.15, 0.2) is 0 Å². The Balaban J connectivity index is 1.67. The Bertz CT molecular complexity index is 731. The molecule has 1 fully saturated rings. The molecule has 3 N–H and O–H groups in total. The van der Waals surface area contributed by atoms with Crippen molar-refractivity contribution in [1.82, 2.24) is 5.32 Å². The van der Waals surface area contributed by atoms with Gasteiger partial charge in [0.25, 0.3) is 10.1 Å². The number of hydrogen-bond donors (Lipinski definition) is 3. The molecule has 132 valence electrons. The largest absolute Gasteiger partial charge is 0.390 e. The first-order valence-electron chi connectivity index (χ1n) is 7.91. The normalized spacial score (nSPS) is 32.8. The summed E-state index contributed by atoms with van der Waals surface area (Å²) in [5.74, 6) is 0.222. The highest BCUT2D eigenvalue weighted by Gasteiger charge is 2.46. The first-order valence-corrected chi connectivity index (χ1v) is 9.32. The molecule has 0 amide bonds. The van der Waals surface area contributed by atoms with Crippen LogP contribution in [0.2, 0.25) is 0 Å². The van der Waals surface area contributed by atoms with Gasteiger partial charge in [-0.3, -0.25) is 9.18 Å². The molecule has 1 aromatic carbocycles. The summed E-state index contributed by atoms with van der Waals surface area (Å²) in [5.41, 5.74) is 0.952. The zero-order valence-electron chi connectivity index (χ0n) is 13.6. The predicted octanol–water partition coefficient (Wildman–Crippen LogP) is 0.201. The zero-order chi connectivity index (χ0) is 17.5. The molecular formula is C16H22N2O5S. The molecule has 0 aromatic heterocycles. The molecular weight excluding hydrogens is 332 g/mol. The number of fused-ring (bicyclic) bond motifs is 1. The van der Waals surface area contributed by atoms with Crippen LogP contribution < -0.4 is 5.32 Å². The highest BCUT2D eigenvalue weighted by Crippen LogP contribution is 2.31. The lowest BCUT2D eigenvalue weighted by molar-refractivity contribution is -0.0695. The maximum atomic E-state index is 12.2. The molecule has 2 aliphatic rings. The van der Waals surface area contributed by atoms with E-state index in [0.717, 1.165) is 5.56 Å². The molecule has 8 heteroatoms. The lowest BCUT2D eigenvalue weighted by Crippen LogP contribution is -2.55. The molecule has 0 saturated heterocycles. The zero-order valence-corrected chi connectivity index (χ0v) is 14.4. The van der Waals surface area contributed by atoms with Crippen LogP contribution in [-0.2, 0) is 14.3 Å². The molecule has 3 rings (SSSR count). The van der Waals surface area contributed by atoms with Crippen molar-refractivity contribution in [1.29, 1.82) is 0 Å². The minimum Gasteiger partial charge on any atom is -0.390 e. The van der Waals surface area contributed by atoms with Crippen LogP contribution in [0.3, 0.4) is 0 Å². The molecule has 0 bridgehead atoms. The number of amidine groups is 1. The van der Waals surface area contributed by atoms with E-state index in [0.29, 0.717) is 12.3 Å². The lowest BCUT2D eigenvalue weighted by atomic mass is 9.79. The number of nitrogens with one attached hydrogen (secondary N) is 1. The highest BCUT2D eigenvalue weighted by atomic mass is 32.2. The van der Waals surface area contributed by atoms with Crippen LogP contribution in [0.5, 0.6) is 0 Å². The third kappa shape index (κ3) is 3.32. The summed E-state index contributed by atoms with van der Waals surface area (Å²) in [6, 6.07) is 5.86. The number of aryl methyl sites for hydroxylation is 1. The van der Waals surface area contributed by atoms with Crippen molar-refractivity contribution in [2.75, 3.05) is 6.61 Å². The lowest BCUT2D eigenvalue weighted by Gasteiger charge is -2.38. The predicted molar refractivity (Wildman–Crippen MR) is 88.3 cm³/mol. The topological polar surface area (TPSA) is 108 Å². The molecule has 5 atom stereocenters. The molecule has 7 nitrogen and oxygen atoms in total. The van der Waals surface area contributed by atoms with Crippen molar-refractivity contribution in [3.63, 3.8) is 0 Å². The standard InChI is InChI=1S/C16H22N2O5S/c1-9-3-5-12(6-4-9)24(21,22)23-8-11-7-13-14(16(20)15(11)19)18-10(2)17-13/h3-6,11,13-16,19-20H,7-8H2,1-2H3,(H,17,18)/t11?,13-,14?,15?,16+/m0/s1. The van der Waals surface area contributed by atoms with Gasteiger partial charge in [0, 0.05) is 5.92 Å². The second-order valence-corrected chi connectivity index (χ2v) is 8.10. The van der Waals surface area contributed by atoms with Crippen LogP contribution >= 0.6 is 0 Å². The van der Waals surface area contributed by atoms with Gasteiger partial charge < -0.3 is 15.5 Å². The van der Waals surface area contributed by atoms with E-state index in [2.05, 4.69) is 10.3 Å². The van der Waals surface area contributed by atoms with Crippen molar-refractivity contribution in [3.05, 3.63) is 29.8 Å². The van der Waals surface area contributed by atoms with Gasteiger partial charge in [-0.15, -0.1) is 0 Å². The van der Waals surface area contributed by atoms with Crippen molar-refractivity contribution in [3.8, 4) is 0 Å². The van der Waals surface area contributed by atoms with Gasteiger partial charge in [-0.05, 0) is 32.4 Å². The third-order valence-corrected chi connectivity index (χ3v) is 5.93. The van der Waals surface area contributed by atoms with Crippen LogP contribution in [0.15, 0.2) is 34.2 Å². The van der Waals surface area contributed by atoms with Crippen molar-refractivity contribution < 1.29 is 22.8 Å². The van der Waals surface area contributed by atoms with Gasteiger partial charge in [0.2, 0.25) is 0 Å². The first-order chi connectivity index (χ1) is 11.3. The molecule has 0 spiro atoms. The summed E-state index contributed by atoms with van der Waals surface area (Å²) in [6.07, 6.45) is -1.63. The van der Waals surface area contributed by atoms with E-state index in [1.54, 1.807) is 19.1 Å². The van der Waals surface area contributed by atoms with Gasteiger partial charge in [0.05, 0.1) is 29.5 Å². The van der Waals surface area contributed by atoms with Gasteiger partial charge in [-0.25, -0.2) is 0 Å². The first kappa shape index (κ1) is 17.3. The summed E-state index contributed by atoms with van der Waals surface area (Å²) >= 11 is 0. The Morgan fingerprint density at radius 1 is 1.21 bits per heavy atom. The maximum absolute atomic E-state index is 12.2. The van der Waals surface area contributed by atoms with Crippen molar-refractivity contribution in [2.45, 2.75) is 49.5 Å². The Morgan fingerprint density at radius 2 is 1.88 bits per heavy atom. The fraction of sp³-hybridized carbons (Fsp3) is 0.562. The fourth-order valence-corrected chi connectivity index (χ4v) is 4.24. The molecule has 0 radical (unpaired) electrons. The molecule has 1 aliphatic heterocycles. The molecule has 1 aromatic rings. The van der Waals surface area contributed by atoms with E-state index in [1.165, 1.54) is 12.1 Å². The smallest absolute Gasteiger partial charge is 0.296 e. The maximum Gasteiger partial charge on any atom is 0.296 e. The number of aliphatic hydroxyl groups is 2. The number of hydrogen-bond acceptors (Lipinski definition) is 7. The van der Waals surface area contributed by atoms with Gasteiger partial charge >= 0.3 is 0 Å². The second kappa shape index (κ2) is 6.44. The van der Waals surface area contributed by atoms with Gasteiger partial charge in [-0.1, -0.05) is 17.7 Å². The fourth-order valence-electron chi connectivity index (χ4n) is 3.28. The van der Waals surface area contributed by atoms with Crippen LogP contribution in [0.4, 0.5) is 0 Å². The van der Waals surface area contributed by atoms with E-state index in [-0.39, 0.29) is 17.5 Å². The minimum absolute atomic E-state index is 0.0787. The average Bonchev–Trinajstić information content (AvgIpc) is 2.91. The van der Waals surface area contributed by atoms with Crippen LogP contribution in [0, 0.1) is 12.8 Å². The van der Waals surface area contributed by atoms with Crippen LogP contribution in [0.25, 0.3) is 0 Å². The Morgan fingerprint density at radius 3 is 2.54 bits per heavy atom. The van der Waals surface area contributed by atoms with Crippen molar-refractivity contribution in [2.24, 2.45) is 10.9 Å². The van der Waals surface area contributed by atoms with Gasteiger partial charge in [0.1, 0.15) is 12.1 Å². The van der Waals surface area contributed by atoms with Crippen LogP contribution in [-0.4, -0.2) is 55.4 Å². The van der Waals surface area contributed by atoms with E-state index in [1.807, 2.05) is 6.92 Å². The quantitative estimate of drug-likeness (QED) is 0.667.